The van der Waals surface area contributed by atoms with E-state index in [4.69, 9.17) is 18.4 Å². The van der Waals surface area contributed by atoms with E-state index in [1.54, 1.807) is 6.92 Å². The van der Waals surface area contributed by atoms with Crippen LogP contribution in [0, 0.1) is 0 Å². The Kier molecular flexibility index (Phi) is 11.3. The molecule has 0 radical (unpaired) electrons. The van der Waals surface area contributed by atoms with E-state index in [0.717, 1.165) is 17.6 Å². The molecule has 0 saturated carbocycles. The topological polar surface area (TPSA) is 54.0 Å². The molecule has 0 aliphatic rings. The lowest BCUT2D eigenvalue weighted by molar-refractivity contribution is -0.140. The Balaban J connectivity index is 2.72. The lowest BCUT2D eigenvalue weighted by atomic mass is 10.2. The van der Waals surface area contributed by atoms with Gasteiger partial charge in [-0.05, 0) is 33.3 Å². The molecule has 0 spiro atoms. The van der Waals surface area contributed by atoms with Crippen LogP contribution in [0.1, 0.15) is 33.3 Å². The molecule has 0 N–H and O–H groups in total. The largest absolute Gasteiger partial charge is 0.465 e. The zero-order valence-corrected chi connectivity index (χ0v) is 19.4. The summed E-state index contributed by atoms with van der Waals surface area (Å²) < 4.78 is 23.1. The van der Waals surface area contributed by atoms with Crippen molar-refractivity contribution in [3.63, 3.8) is 0 Å². The molecule has 154 valence electrons. The van der Waals surface area contributed by atoms with Gasteiger partial charge in [-0.15, -0.1) is 0 Å². The first kappa shape index (κ1) is 24.2. The lowest BCUT2D eigenvalue weighted by Gasteiger charge is -2.31. The second kappa shape index (κ2) is 12.6. The van der Waals surface area contributed by atoms with E-state index < -0.39 is 8.80 Å². The number of esters is 1. The van der Waals surface area contributed by atoms with Gasteiger partial charge in [0.15, 0.2) is 0 Å². The molecule has 0 bridgehead atoms. The Hall–Kier alpha value is -0.863. The number of hydrogen-bond donors (Lipinski definition) is 0. The lowest BCUT2D eigenvalue weighted by Crippen LogP contribution is -2.44. The molecule has 0 fully saturated rings. The molecule has 0 aromatic heterocycles. The molecule has 2 unspecified atom stereocenters. The minimum Gasteiger partial charge on any atom is -0.465 e. The van der Waals surface area contributed by atoms with Crippen LogP contribution in [0.2, 0.25) is 13.1 Å². The van der Waals surface area contributed by atoms with Crippen molar-refractivity contribution in [1.82, 2.24) is 0 Å². The smallest absolute Gasteiger partial charge is 0.318 e. The van der Waals surface area contributed by atoms with Crippen LogP contribution in [0.3, 0.4) is 0 Å². The minimum atomic E-state index is -1.21. The molecule has 0 heterocycles. The first-order chi connectivity index (χ1) is 12.7. The van der Waals surface area contributed by atoms with E-state index >= 15 is 0 Å². The third-order valence-electron chi connectivity index (χ3n) is 3.66. The van der Waals surface area contributed by atoms with Crippen LogP contribution in [0.25, 0.3) is 0 Å². The molecule has 1 aromatic carbocycles. The first-order valence-corrected chi connectivity index (χ1v) is 13.3. The van der Waals surface area contributed by atoms with Crippen molar-refractivity contribution < 1.29 is 23.2 Å². The number of benzene rings is 1. The van der Waals surface area contributed by atoms with E-state index in [2.05, 4.69) is 25.2 Å². The van der Waals surface area contributed by atoms with Crippen LogP contribution in [0.4, 0.5) is 0 Å². The number of carbonyl (C=O) groups is 1. The molecule has 2 atom stereocenters. The summed E-state index contributed by atoms with van der Waals surface area (Å²) in [5.74, 6) is -0.119. The van der Waals surface area contributed by atoms with Crippen LogP contribution in [-0.2, 0) is 29.8 Å². The summed E-state index contributed by atoms with van der Waals surface area (Å²) in [7, 11) is -1.21. The zero-order chi connectivity index (χ0) is 20.3. The predicted octanol–water partition coefficient (Wildman–Crippen LogP) is 4.01. The minimum absolute atomic E-state index is 0.0257. The van der Waals surface area contributed by atoms with Gasteiger partial charge in [0, 0.05) is 12.0 Å². The third kappa shape index (κ3) is 10.9. The van der Waals surface area contributed by atoms with Crippen molar-refractivity contribution in [2.75, 3.05) is 19.0 Å². The normalized spacial score (nSPS) is 14.2. The maximum atomic E-state index is 11.6. The summed E-state index contributed by atoms with van der Waals surface area (Å²) in [6.07, 6.45) is -0.237. The molecule has 1 aromatic rings. The SMILES string of the molecule is CCOC(=O)CSOC(COC(C)(C)C)C(OCc1ccccc1)[SiH](C)C. The van der Waals surface area contributed by atoms with Gasteiger partial charge >= 0.3 is 5.97 Å². The molecule has 0 aliphatic heterocycles. The fourth-order valence-corrected chi connectivity index (χ4v) is 4.61. The highest BCUT2D eigenvalue weighted by molar-refractivity contribution is 7.95. The van der Waals surface area contributed by atoms with Gasteiger partial charge in [-0.2, -0.15) is 0 Å². The first-order valence-electron chi connectivity index (χ1n) is 9.46. The highest BCUT2D eigenvalue weighted by atomic mass is 32.2. The highest BCUT2D eigenvalue weighted by Crippen LogP contribution is 2.20. The number of hydrogen-bond acceptors (Lipinski definition) is 6. The summed E-state index contributed by atoms with van der Waals surface area (Å²) >= 11 is 1.12. The third-order valence-corrected chi connectivity index (χ3v) is 6.34. The maximum absolute atomic E-state index is 11.6. The average molecular weight is 415 g/mol. The van der Waals surface area contributed by atoms with Crippen molar-refractivity contribution >= 4 is 26.8 Å². The van der Waals surface area contributed by atoms with E-state index in [1.165, 1.54) is 0 Å². The Morgan fingerprint density at radius 2 is 1.85 bits per heavy atom. The standard InChI is InChI=1S/C20H34O5SSi/c1-7-22-18(21)15-26-25-17(14-24-20(2,3)4)19(27(5)6)23-13-16-11-9-8-10-12-16/h8-12,17,19,27H,7,13-15H2,1-6H3. The summed E-state index contributed by atoms with van der Waals surface area (Å²) in [6, 6.07) is 10.1. The van der Waals surface area contributed by atoms with Gasteiger partial charge < -0.3 is 18.4 Å². The number of carbonyl (C=O) groups excluding carboxylic acids is 1. The monoisotopic (exact) mass is 414 g/mol. The summed E-state index contributed by atoms with van der Waals surface area (Å²) in [5.41, 5.74) is 0.838. The van der Waals surface area contributed by atoms with Crippen molar-refractivity contribution in [1.29, 1.82) is 0 Å². The van der Waals surface area contributed by atoms with Crippen LogP contribution < -0.4 is 0 Å². The van der Waals surface area contributed by atoms with E-state index in [0.29, 0.717) is 19.8 Å². The predicted molar refractivity (Wildman–Crippen MR) is 114 cm³/mol. The fourth-order valence-electron chi connectivity index (χ4n) is 2.38. The van der Waals surface area contributed by atoms with E-state index in [9.17, 15) is 4.79 Å². The molecule has 7 heteroatoms. The van der Waals surface area contributed by atoms with E-state index in [1.807, 2.05) is 39.0 Å². The van der Waals surface area contributed by atoms with Gasteiger partial charge in [-0.3, -0.25) is 4.79 Å². The highest BCUT2D eigenvalue weighted by Gasteiger charge is 2.29. The van der Waals surface area contributed by atoms with Crippen molar-refractivity contribution in [2.24, 2.45) is 0 Å². The Morgan fingerprint density at radius 1 is 1.19 bits per heavy atom. The van der Waals surface area contributed by atoms with Crippen molar-refractivity contribution in [3.8, 4) is 0 Å². The quantitative estimate of drug-likeness (QED) is 0.293. The van der Waals surface area contributed by atoms with E-state index in [-0.39, 0.29) is 29.2 Å². The van der Waals surface area contributed by atoms with Gasteiger partial charge in [0.1, 0.15) is 11.9 Å². The molecule has 0 saturated heterocycles. The molecule has 5 nitrogen and oxygen atoms in total. The Labute approximate surface area is 169 Å². The van der Waals surface area contributed by atoms with Crippen LogP contribution in [0.15, 0.2) is 30.3 Å². The summed E-state index contributed by atoms with van der Waals surface area (Å²) in [5, 5.41) is 0. The molecular formula is C20H34O5SSi. The molecule has 0 aliphatic carbocycles. The average Bonchev–Trinajstić information content (AvgIpc) is 2.59. The second-order valence-corrected chi connectivity index (χ2v) is 11.5. The maximum Gasteiger partial charge on any atom is 0.318 e. The van der Waals surface area contributed by atoms with Gasteiger partial charge in [0.25, 0.3) is 0 Å². The molecule has 1 rings (SSSR count). The fraction of sp³-hybridized carbons (Fsp3) is 0.650. The molecule has 27 heavy (non-hydrogen) atoms. The second-order valence-electron chi connectivity index (χ2n) is 7.63. The number of rotatable bonds is 12. The van der Waals surface area contributed by atoms with Crippen LogP contribution >= 0.6 is 12.0 Å². The summed E-state index contributed by atoms with van der Waals surface area (Å²) in [4.78, 5) is 11.6. The Morgan fingerprint density at radius 3 is 2.41 bits per heavy atom. The van der Waals surface area contributed by atoms with Crippen molar-refractivity contribution in [3.05, 3.63) is 35.9 Å². The van der Waals surface area contributed by atoms with Gasteiger partial charge in [-0.25, -0.2) is 0 Å². The van der Waals surface area contributed by atoms with Crippen LogP contribution in [0.5, 0.6) is 0 Å². The van der Waals surface area contributed by atoms with Crippen LogP contribution in [-0.4, -0.2) is 51.2 Å². The molecular weight excluding hydrogens is 380 g/mol. The summed E-state index contributed by atoms with van der Waals surface area (Å²) in [6.45, 7) is 13.6. The Bertz CT molecular complexity index is 533. The number of ether oxygens (including phenoxy) is 3. The zero-order valence-electron chi connectivity index (χ0n) is 17.4. The van der Waals surface area contributed by atoms with Gasteiger partial charge in [0.05, 0.1) is 39.9 Å². The van der Waals surface area contributed by atoms with Crippen molar-refractivity contribution in [2.45, 2.75) is 64.8 Å². The van der Waals surface area contributed by atoms with Gasteiger partial charge in [-0.1, -0.05) is 43.4 Å². The van der Waals surface area contributed by atoms with Gasteiger partial charge in [0.2, 0.25) is 0 Å². The molecule has 0 amide bonds.